The van der Waals surface area contributed by atoms with Gasteiger partial charge in [0.1, 0.15) is 5.75 Å². The van der Waals surface area contributed by atoms with Crippen LogP contribution in [0, 0.1) is 0 Å². The highest BCUT2D eigenvalue weighted by Gasteiger charge is 2.12. The van der Waals surface area contributed by atoms with Crippen molar-refractivity contribution < 1.29 is 14.2 Å². The fourth-order valence-electron chi connectivity index (χ4n) is 2.02. The number of nitrogens with zero attached hydrogens (tertiary/aromatic N) is 1. The van der Waals surface area contributed by atoms with Crippen molar-refractivity contribution in [3.8, 4) is 17.2 Å². The number of halogens is 1. The van der Waals surface area contributed by atoms with Crippen LogP contribution in [0.2, 0.25) is 0 Å². The van der Waals surface area contributed by atoms with Gasteiger partial charge in [-0.2, -0.15) is 0 Å². The Bertz CT molecular complexity index is 685. The van der Waals surface area contributed by atoms with Crippen LogP contribution in [0.25, 0.3) is 0 Å². The van der Waals surface area contributed by atoms with Crippen LogP contribution in [-0.4, -0.2) is 19.6 Å². The maximum absolute atomic E-state index is 5.60. The Hall–Kier alpha value is -2.01. The molecule has 108 valence electrons. The van der Waals surface area contributed by atoms with E-state index >= 15 is 0 Å². The molecule has 2 aromatic rings. The quantitative estimate of drug-likeness (QED) is 0.773. The molecule has 1 aliphatic rings. The van der Waals surface area contributed by atoms with E-state index in [2.05, 4.69) is 20.9 Å². The van der Waals surface area contributed by atoms with Gasteiger partial charge in [0.15, 0.2) is 11.5 Å². The van der Waals surface area contributed by atoms with E-state index in [-0.39, 0.29) is 6.79 Å². The molecule has 0 spiro atoms. The Morgan fingerprint density at radius 2 is 2.05 bits per heavy atom. The van der Waals surface area contributed by atoms with Gasteiger partial charge in [-0.25, -0.2) is 0 Å². The summed E-state index contributed by atoms with van der Waals surface area (Å²) in [6.45, 7) is 2.84. The number of aliphatic imine (C=N–C) groups is 1. The van der Waals surface area contributed by atoms with Crippen LogP contribution in [0.4, 0.5) is 5.69 Å². The van der Waals surface area contributed by atoms with Crippen molar-refractivity contribution in [1.82, 2.24) is 0 Å². The van der Waals surface area contributed by atoms with Crippen molar-refractivity contribution in [2.75, 3.05) is 13.4 Å². The second-order valence-corrected chi connectivity index (χ2v) is 5.33. The standard InChI is InChI=1S/C16H14BrNO3/c1-2-19-14-5-3-12(17)7-11(14)9-18-13-4-6-15-16(8-13)21-10-20-15/h3-9H,2,10H2,1H3. The van der Waals surface area contributed by atoms with Gasteiger partial charge < -0.3 is 14.2 Å². The van der Waals surface area contributed by atoms with Crippen molar-refractivity contribution >= 4 is 27.8 Å². The zero-order chi connectivity index (χ0) is 14.7. The SMILES string of the molecule is CCOc1ccc(Br)cc1C=Nc1ccc2c(c1)OCO2. The summed E-state index contributed by atoms with van der Waals surface area (Å²) in [6, 6.07) is 11.5. The van der Waals surface area contributed by atoms with Crippen molar-refractivity contribution in [2.45, 2.75) is 6.92 Å². The van der Waals surface area contributed by atoms with E-state index < -0.39 is 0 Å². The predicted octanol–water partition coefficient (Wildman–Crippen LogP) is 4.33. The average molecular weight is 348 g/mol. The summed E-state index contributed by atoms with van der Waals surface area (Å²) in [6.07, 6.45) is 1.79. The molecule has 0 saturated heterocycles. The highest BCUT2D eigenvalue weighted by molar-refractivity contribution is 9.10. The molecule has 1 heterocycles. The van der Waals surface area contributed by atoms with Crippen LogP contribution < -0.4 is 14.2 Å². The molecule has 0 saturated carbocycles. The second-order valence-electron chi connectivity index (χ2n) is 4.41. The molecule has 0 N–H and O–H groups in total. The van der Waals surface area contributed by atoms with E-state index in [9.17, 15) is 0 Å². The van der Waals surface area contributed by atoms with Crippen molar-refractivity contribution in [1.29, 1.82) is 0 Å². The minimum absolute atomic E-state index is 0.266. The molecule has 2 aromatic carbocycles. The zero-order valence-corrected chi connectivity index (χ0v) is 13.1. The number of rotatable bonds is 4. The number of fused-ring (bicyclic) bond motifs is 1. The van der Waals surface area contributed by atoms with Crippen LogP contribution in [-0.2, 0) is 0 Å². The fourth-order valence-corrected chi connectivity index (χ4v) is 2.40. The molecule has 21 heavy (non-hydrogen) atoms. The highest BCUT2D eigenvalue weighted by atomic mass is 79.9. The molecular weight excluding hydrogens is 334 g/mol. The molecule has 0 unspecified atom stereocenters. The van der Waals surface area contributed by atoms with E-state index in [0.29, 0.717) is 6.61 Å². The lowest BCUT2D eigenvalue weighted by molar-refractivity contribution is 0.174. The van der Waals surface area contributed by atoms with Gasteiger partial charge in [-0.15, -0.1) is 0 Å². The Balaban J connectivity index is 1.87. The second kappa shape index (κ2) is 6.18. The van der Waals surface area contributed by atoms with Crippen molar-refractivity contribution in [3.63, 3.8) is 0 Å². The third-order valence-electron chi connectivity index (χ3n) is 2.98. The largest absolute Gasteiger partial charge is 0.493 e. The molecular formula is C16H14BrNO3. The van der Waals surface area contributed by atoms with Crippen LogP contribution >= 0.6 is 15.9 Å². The molecule has 0 radical (unpaired) electrons. The molecule has 0 atom stereocenters. The van der Waals surface area contributed by atoms with E-state index in [0.717, 1.165) is 33.0 Å². The summed E-state index contributed by atoms with van der Waals surface area (Å²) < 4.78 is 17.2. The fraction of sp³-hybridized carbons (Fsp3) is 0.188. The number of benzene rings is 2. The molecule has 4 nitrogen and oxygen atoms in total. The van der Waals surface area contributed by atoms with Gasteiger partial charge in [0.05, 0.1) is 12.3 Å². The van der Waals surface area contributed by atoms with E-state index in [1.807, 2.05) is 43.3 Å². The van der Waals surface area contributed by atoms with E-state index in [4.69, 9.17) is 14.2 Å². The first-order valence-electron chi connectivity index (χ1n) is 6.62. The third-order valence-corrected chi connectivity index (χ3v) is 3.47. The Morgan fingerprint density at radius 1 is 1.19 bits per heavy atom. The minimum atomic E-state index is 0.266. The summed E-state index contributed by atoms with van der Waals surface area (Å²) in [5, 5.41) is 0. The molecule has 0 aliphatic carbocycles. The maximum Gasteiger partial charge on any atom is 0.231 e. The number of ether oxygens (including phenoxy) is 3. The Labute approximate surface area is 131 Å². The zero-order valence-electron chi connectivity index (χ0n) is 11.5. The summed E-state index contributed by atoms with van der Waals surface area (Å²) in [7, 11) is 0. The lowest BCUT2D eigenvalue weighted by Gasteiger charge is -2.07. The molecule has 0 amide bonds. The monoisotopic (exact) mass is 347 g/mol. The lowest BCUT2D eigenvalue weighted by atomic mass is 10.2. The summed E-state index contributed by atoms with van der Waals surface area (Å²) in [5.74, 6) is 2.29. The van der Waals surface area contributed by atoms with Crippen molar-refractivity contribution in [3.05, 3.63) is 46.4 Å². The first-order valence-corrected chi connectivity index (χ1v) is 7.41. The third kappa shape index (κ3) is 3.19. The highest BCUT2D eigenvalue weighted by Crippen LogP contribution is 2.35. The van der Waals surface area contributed by atoms with Crippen molar-refractivity contribution in [2.24, 2.45) is 4.99 Å². The number of hydrogen-bond donors (Lipinski definition) is 0. The average Bonchev–Trinajstić information content (AvgIpc) is 2.95. The first kappa shape index (κ1) is 13.9. The summed E-state index contributed by atoms with van der Waals surface area (Å²) in [5.41, 5.74) is 1.73. The molecule has 0 fully saturated rings. The van der Waals surface area contributed by atoms with Gasteiger partial charge in [0.25, 0.3) is 0 Å². The van der Waals surface area contributed by atoms with Gasteiger partial charge >= 0.3 is 0 Å². The predicted molar refractivity (Wildman–Crippen MR) is 85.1 cm³/mol. The Morgan fingerprint density at radius 3 is 2.90 bits per heavy atom. The van der Waals surface area contributed by atoms with Crippen LogP contribution in [0.1, 0.15) is 12.5 Å². The molecule has 5 heteroatoms. The Kier molecular flexibility index (Phi) is 4.10. The van der Waals surface area contributed by atoms with Crippen LogP contribution in [0.5, 0.6) is 17.2 Å². The van der Waals surface area contributed by atoms with Gasteiger partial charge in [-0.1, -0.05) is 15.9 Å². The van der Waals surface area contributed by atoms with Gasteiger partial charge in [-0.3, -0.25) is 4.99 Å². The number of hydrogen-bond acceptors (Lipinski definition) is 4. The topological polar surface area (TPSA) is 40.0 Å². The first-order chi connectivity index (χ1) is 10.3. The van der Waals surface area contributed by atoms with E-state index in [1.54, 1.807) is 6.21 Å². The summed E-state index contributed by atoms with van der Waals surface area (Å²) >= 11 is 3.46. The van der Waals surface area contributed by atoms with Crippen LogP contribution in [0.15, 0.2) is 45.9 Å². The molecule has 1 aliphatic heterocycles. The minimum Gasteiger partial charge on any atom is -0.493 e. The smallest absolute Gasteiger partial charge is 0.231 e. The maximum atomic E-state index is 5.60. The molecule has 0 aromatic heterocycles. The van der Waals surface area contributed by atoms with Crippen LogP contribution in [0.3, 0.4) is 0 Å². The van der Waals surface area contributed by atoms with Gasteiger partial charge in [0.2, 0.25) is 6.79 Å². The van der Waals surface area contributed by atoms with Gasteiger partial charge in [-0.05, 0) is 37.3 Å². The lowest BCUT2D eigenvalue weighted by Crippen LogP contribution is -1.95. The normalized spacial score (nSPS) is 12.9. The summed E-state index contributed by atoms with van der Waals surface area (Å²) in [4.78, 5) is 4.48. The van der Waals surface area contributed by atoms with Gasteiger partial charge in [0, 0.05) is 22.3 Å². The molecule has 3 rings (SSSR count). The molecule has 0 bridgehead atoms. The van der Waals surface area contributed by atoms with E-state index in [1.165, 1.54) is 0 Å².